The van der Waals surface area contributed by atoms with Crippen molar-refractivity contribution in [2.75, 3.05) is 24.5 Å². The molecule has 0 saturated carbocycles. The zero-order valence-electron chi connectivity index (χ0n) is 14.4. The van der Waals surface area contributed by atoms with E-state index in [0.717, 1.165) is 19.4 Å². The third-order valence-electron chi connectivity index (χ3n) is 3.87. The summed E-state index contributed by atoms with van der Waals surface area (Å²) in [7, 11) is 0. The predicted molar refractivity (Wildman–Crippen MR) is 92.3 cm³/mol. The molecule has 1 fully saturated rings. The van der Waals surface area contributed by atoms with Crippen molar-refractivity contribution in [3.8, 4) is 0 Å². The van der Waals surface area contributed by atoms with Gasteiger partial charge in [0, 0.05) is 25.7 Å². The molecule has 1 unspecified atom stereocenters. The van der Waals surface area contributed by atoms with Gasteiger partial charge in [0.1, 0.15) is 11.3 Å². The van der Waals surface area contributed by atoms with Crippen LogP contribution in [0.3, 0.4) is 0 Å². The van der Waals surface area contributed by atoms with Crippen LogP contribution in [0.25, 0.3) is 0 Å². The maximum Gasteiger partial charge on any atom is 0.407 e. The Morgan fingerprint density at radius 2 is 2.12 bits per heavy atom. The number of amides is 1. The van der Waals surface area contributed by atoms with E-state index in [1.54, 1.807) is 12.1 Å². The standard InChI is InChI=1S/C17H25N3O4/c1-17(2,3)24-16(21)18-11-13-7-6-10-19(12-13)14-8-4-5-9-15(14)20(22)23/h4-5,8-9,13H,6-7,10-12H2,1-3H3,(H,18,21). The Labute approximate surface area is 142 Å². The van der Waals surface area contributed by atoms with Gasteiger partial charge in [-0.25, -0.2) is 4.79 Å². The van der Waals surface area contributed by atoms with Gasteiger partial charge in [-0.05, 0) is 45.6 Å². The zero-order chi connectivity index (χ0) is 17.7. The Morgan fingerprint density at radius 1 is 1.42 bits per heavy atom. The molecule has 24 heavy (non-hydrogen) atoms. The minimum absolute atomic E-state index is 0.123. The van der Waals surface area contributed by atoms with Crippen LogP contribution >= 0.6 is 0 Å². The summed E-state index contributed by atoms with van der Waals surface area (Å²) in [6.07, 6.45) is 1.49. The minimum atomic E-state index is -0.521. The summed E-state index contributed by atoms with van der Waals surface area (Å²) in [6, 6.07) is 6.79. The average molecular weight is 335 g/mol. The van der Waals surface area contributed by atoms with Crippen molar-refractivity contribution in [3.63, 3.8) is 0 Å². The molecule has 1 aromatic carbocycles. The number of carbonyl (C=O) groups excluding carboxylic acids is 1. The number of anilines is 1. The average Bonchev–Trinajstić information content (AvgIpc) is 2.51. The number of para-hydroxylation sites is 2. The first kappa shape index (κ1) is 18.0. The van der Waals surface area contributed by atoms with E-state index in [1.165, 1.54) is 6.07 Å². The number of hydrogen-bond acceptors (Lipinski definition) is 5. The van der Waals surface area contributed by atoms with Crippen molar-refractivity contribution in [2.45, 2.75) is 39.2 Å². The number of nitrogens with one attached hydrogen (secondary N) is 1. The molecule has 0 aliphatic carbocycles. The van der Waals surface area contributed by atoms with Gasteiger partial charge in [0.15, 0.2) is 0 Å². The molecule has 1 amide bonds. The molecule has 7 heteroatoms. The van der Waals surface area contributed by atoms with Crippen LogP contribution in [0.2, 0.25) is 0 Å². The first-order valence-electron chi connectivity index (χ1n) is 8.21. The normalized spacial score (nSPS) is 18.1. The molecule has 1 heterocycles. The SMILES string of the molecule is CC(C)(C)OC(=O)NCC1CCCN(c2ccccc2[N+](=O)[O-])C1. The van der Waals surface area contributed by atoms with E-state index in [-0.39, 0.29) is 16.5 Å². The lowest BCUT2D eigenvalue weighted by Crippen LogP contribution is -2.42. The largest absolute Gasteiger partial charge is 0.444 e. The number of ether oxygens (including phenoxy) is 1. The number of nitro groups is 1. The molecule has 1 aliphatic rings. The number of nitrogens with zero attached hydrogens (tertiary/aromatic N) is 2. The Morgan fingerprint density at radius 3 is 2.79 bits per heavy atom. The fourth-order valence-electron chi connectivity index (χ4n) is 2.88. The van der Waals surface area contributed by atoms with E-state index < -0.39 is 11.7 Å². The van der Waals surface area contributed by atoms with Crippen LogP contribution in [-0.4, -0.2) is 36.3 Å². The quantitative estimate of drug-likeness (QED) is 0.674. The van der Waals surface area contributed by atoms with Crippen molar-refractivity contribution in [3.05, 3.63) is 34.4 Å². The molecule has 0 radical (unpaired) electrons. The summed E-state index contributed by atoms with van der Waals surface area (Å²) >= 11 is 0. The molecule has 1 aliphatic heterocycles. The lowest BCUT2D eigenvalue weighted by atomic mass is 9.97. The maximum absolute atomic E-state index is 11.8. The highest BCUT2D eigenvalue weighted by Gasteiger charge is 2.26. The fraction of sp³-hybridized carbons (Fsp3) is 0.588. The summed E-state index contributed by atoms with van der Waals surface area (Å²) in [6.45, 7) is 7.44. The molecule has 132 valence electrons. The summed E-state index contributed by atoms with van der Waals surface area (Å²) in [5, 5.41) is 14.0. The first-order valence-corrected chi connectivity index (χ1v) is 8.21. The highest BCUT2D eigenvalue weighted by atomic mass is 16.6. The summed E-state index contributed by atoms with van der Waals surface area (Å²) in [5.74, 6) is 0.242. The summed E-state index contributed by atoms with van der Waals surface area (Å²) < 4.78 is 5.24. The second-order valence-corrected chi connectivity index (χ2v) is 7.08. The second-order valence-electron chi connectivity index (χ2n) is 7.08. The number of hydrogen-bond donors (Lipinski definition) is 1. The van der Waals surface area contributed by atoms with Crippen LogP contribution in [0.5, 0.6) is 0 Å². The van der Waals surface area contributed by atoms with Crippen LogP contribution in [-0.2, 0) is 4.74 Å². The van der Waals surface area contributed by atoms with Gasteiger partial charge in [0.05, 0.1) is 4.92 Å². The van der Waals surface area contributed by atoms with Crippen LogP contribution < -0.4 is 10.2 Å². The summed E-state index contributed by atoms with van der Waals surface area (Å²) in [4.78, 5) is 24.6. The van der Waals surface area contributed by atoms with E-state index in [2.05, 4.69) is 5.32 Å². The highest BCUT2D eigenvalue weighted by molar-refractivity contribution is 5.67. The van der Waals surface area contributed by atoms with Crippen molar-refractivity contribution in [2.24, 2.45) is 5.92 Å². The molecular weight excluding hydrogens is 310 g/mol. The number of piperidine rings is 1. The number of benzene rings is 1. The molecule has 0 bridgehead atoms. The Kier molecular flexibility index (Phi) is 5.64. The van der Waals surface area contributed by atoms with Gasteiger partial charge < -0.3 is 15.0 Å². The molecule has 1 saturated heterocycles. The lowest BCUT2D eigenvalue weighted by molar-refractivity contribution is -0.384. The van der Waals surface area contributed by atoms with Gasteiger partial charge in [0.25, 0.3) is 5.69 Å². The smallest absolute Gasteiger partial charge is 0.407 e. The van der Waals surface area contributed by atoms with E-state index in [9.17, 15) is 14.9 Å². The van der Waals surface area contributed by atoms with Gasteiger partial charge in [-0.15, -0.1) is 0 Å². The third-order valence-corrected chi connectivity index (χ3v) is 3.87. The molecule has 1 atom stereocenters. The van der Waals surface area contributed by atoms with Crippen molar-refractivity contribution in [1.29, 1.82) is 0 Å². The van der Waals surface area contributed by atoms with Crippen molar-refractivity contribution in [1.82, 2.24) is 5.32 Å². The number of carbonyl (C=O) groups is 1. The van der Waals surface area contributed by atoms with Crippen LogP contribution in [0.1, 0.15) is 33.6 Å². The van der Waals surface area contributed by atoms with E-state index in [4.69, 9.17) is 4.74 Å². The van der Waals surface area contributed by atoms with E-state index in [0.29, 0.717) is 18.8 Å². The van der Waals surface area contributed by atoms with Gasteiger partial charge in [-0.1, -0.05) is 12.1 Å². The predicted octanol–water partition coefficient (Wildman–Crippen LogP) is 3.34. The molecule has 2 rings (SSSR count). The van der Waals surface area contributed by atoms with Crippen LogP contribution in [0.15, 0.2) is 24.3 Å². The molecule has 1 aromatic rings. The van der Waals surface area contributed by atoms with Gasteiger partial charge in [0.2, 0.25) is 0 Å². The monoisotopic (exact) mass is 335 g/mol. The van der Waals surface area contributed by atoms with E-state index in [1.807, 2.05) is 31.7 Å². The Bertz CT molecular complexity index is 598. The molecule has 7 nitrogen and oxygen atoms in total. The number of rotatable bonds is 4. The molecular formula is C17H25N3O4. The minimum Gasteiger partial charge on any atom is -0.444 e. The fourth-order valence-corrected chi connectivity index (χ4v) is 2.88. The number of nitro benzene ring substituents is 1. The zero-order valence-corrected chi connectivity index (χ0v) is 14.4. The van der Waals surface area contributed by atoms with Gasteiger partial charge >= 0.3 is 6.09 Å². The van der Waals surface area contributed by atoms with E-state index >= 15 is 0 Å². The van der Waals surface area contributed by atoms with Crippen LogP contribution in [0.4, 0.5) is 16.2 Å². The number of alkyl carbamates (subject to hydrolysis) is 1. The van der Waals surface area contributed by atoms with Crippen molar-refractivity contribution < 1.29 is 14.5 Å². The molecule has 0 aromatic heterocycles. The second kappa shape index (κ2) is 7.51. The highest BCUT2D eigenvalue weighted by Crippen LogP contribution is 2.31. The Hall–Kier alpha value is -2.31. The van der Waals surface area contributed by atoms with Crippen LogP contribution in [0, 0.1) is 16.0 Å². The summed E-state index contributed by atoms with van der Waals surface area (Å²) in [5.41, 5.74) is 0.246. The lowest BCUT2D eigenvalue weighted by Gasteiger charge is -2.34. The Balaban J connectivity index is 1.95. The first-order chi connectivity index (χ1) is 11.3. The molecule has 0 spiro atoms. The van der Waals surface area contributed by atoms with Gasteiger partial charge in [-0.2, -0.15) is 0 Å². The maximum atomic E-state index is 11.8. The van der Waals surface area contributed by atoms with Gasteiger partial charge in [-0.3, -0.25) is 10.1 Å². The topological polar surface area (TPSA) is 84.7 Å². The third kappa shape index (κ3) is 5.11. The van der Waals surface area contributed by atoms with Crippen molar-refractivity contribution >= 4 is 17.5 Å². The molecule has 1 N–H and O–H groups in total.